The zero-order chi connectivity index (χ0) is 19.5. The molecule has 0 aromatic carbocycles. The Kier molecular flexibility index (Phi) is 17.8. The van der Waals surface area contributed by atoms with E-state index in [-0.39, 0.29) is 18.7 Å². The predicted molar refractivity (Wildman–Crippen MR) is 101 cm³/mol. The highest BCUT2D eigenvalue weighted by Crippen LogP contribution is 2.09. The first kappa shape index (κ1) is 24.9. The van der Waals surface area contributed by atoms with Gasteiger partial charge in [0.1, 0.15) is 0 Å². The maximum Gasteiger partial charge on any atom is 0.305 e. The summed E-state index contributed by atoms with van der Waals surface area (Å²) in [5.41, 5.74) is 0. The average Bonchev–Trinajstić information content (AvgIpc) is 2.60. The molecule has 26 heavy (non-hydrogen) atoms. The summed E-state index contributed by atoms with van der Waals surface area (Å²) in [6, 6.07) is 0. The average molecular weight is 375 g/mol. The fraction of sp³-hybridized carbons (Fsp3) is 0.900. The van der Waals surface area contributed by atoms with Crippen molar-refractivity contribution in [3.8, 4) is 0 Å². The lowest BCUT2D eigenvalue weighted by Gasteiger charge is -2.18. The molecule has 0 radical (unpaired) electrons. The van der Waals surface area contributed by atoms with Gasteiger partial charge in [-0.2, -0.15) is 0 Å². The standard InChI is InChI=1S/C20H38O6/c1-3-5-15-25-20(26-16-6-4-2)14-17-24-19(23)13-11-9-7-8-10-12-18(21)22/h20H,3-17H2,1-2H3,(H,21,22). The molecule has 0 aliphatic heterocycles. The largest absolute Gasteiger partial charge is 0.481 e. The first-order valence-electron chi connectivity index (χ1n) is 10.2. The topological polar surface area (TPSA) is 82.1 Å². The molecule has 0 aromatic heterocycles. The first-order valence-corrected chi connectivity index (χ1v) is 10.2. The van der Waals surface area contributed by atoms with Crippen molar-refractivity contribution in [2.24, 2.45) is 0 Å². The summed E-state index contributed by atoms with van der Waals surface area (Å²) in [5.74, 6) is -0.930. The van der Waals surface area contributed by atoms with Crippen LogP contribution in [-0.2, 0) is 23.8 Å². The Balaban J connectivity index is 3.70. The van der Waals surface area contributed by atoms with E-state index in [4.69, 9.17) is 19.3 Å². The third-order valence-electron chi connectivity index (χ3n) is 3.99. The highest BCUT2D eigenvalue weighted by molar-refractivity contribution is 5.69. The molecule has 1 N–H and O–H groups in total. The molecule has 0 aliphatic carbocycles. The van der Waals surface area contributed by atoms with Crippen LogP contribution >= 0.6 is 0 Å². The van der Waals surface area contributed by atoms with Crippen molar-refractivity contribution in [2.45, 2.75) is 97.2 Å². The molecule has 0 saturated heterocycles. The monoisotopic (exact) mass is 374 g/mol. The quantitative estimate of drug-likeness (QED) is 0.201. The van der Waals surface area contributed by atoms with Gasteiger partial charge in [-0.1, -0.05) is 46.0 Å². The van der Waals surface area contributed by atoms with Crippen molar-refractivity contribution in [3.05, 3.63) is 0 Å². The normalized spacial score (nSPS) is 11.0. The van der Waals surface area contributed by atoms with E-state index in [1.165, 1.54) is 0 Å². The minimum Gasteiger partial charge on any atom is -0.481 e. The van der Waals surface area contributed by atoms with Crippen LogP contribution in [0.25, 0.3) is 0 Å². The van der Waals surface area contributed by atoms with Crippen LogP contribution in [0.1, 0.15) is 90.9 Å². The molecule has 0 aliphatic rings. The third-order valence-corrected chi connectivity index (χ3v) is 3.99. The first-order chi connectivity index (χ1) is 12.6. The number of carboxylic acids is 1. The molecule has 6 nitrogen and oxygen atoms in total. The molecule has 0 rings (SSSR count). The Hall–Kier alpha value is -1.14. The number of aliphatic carboxylic acids is 1. The Labute approximate surface area is 158 Å². The minimum atomic E-state index is -0.746. The Morgan fingerprint density at radius 3 is 1.85 bits per heavy atom. The van der Waals surface area contributed by atoms with Crippen LogP contribution in [0.15, 0.2) is 0 Å². The Morgan fingerprint density at radius 2 is 1.31 bits per heavy atom. The summed E-state index contributed by atoms with van der Waals surface area (Å²) < 4.78 is 16.7. The van der Waals surface area contributed by atoms with Crippen molar-refractivity contribution in [3.63, 3.8) is 0 Å². The number of unbranched alkanes of at least 4 members (excludes halogenated alkanes) is 6. The van der Waals surface area contributed by atoms with E-state index in [2.05, 4.69) is 13.8 Å². The van der Waals surface area contributed by atoms with Gasteiger partial charge in [-0.25, -0.2) is 0 Å². The molecule has 0 spiro atoms. The van der Waals surface area contributed by atoms with Crippen LogP contribution in [0.4, 0.5) is 0 Å². The summed E-state index contributed by atoms with van der Waals surface area (Å²) in [6.45, 7) is 5.89. The van der Waals surface area contributed by atoms with Gasteiger partial charge in [0.25, 0.3) is 0 Å². The number of carbonyl (C=O) groups is 2. The molecular formula is C20H38O6. The number of carbonyl (C=O) groups excluding carboxylic acids is 1. The van der Waals surface area contributed by atoms with Crippen molar-refractivity contribution in [1.29, 1.82) is 0 Å². The molecule has 154 valence electrons. The van der Waals surface area contributed by atoms with Crippen LogP contribution < -0.4 is 0 Å². The van der Waals surface area contributed by atoms with E-state index in [0.29, 0.717) is 39.1 Å². The fourth-order valence-corrected chi connectivity index (χ4v) is 2.35. The maximum atomic E-state index is 11.7. The van der Waals surface area contributed by atoms with E-state index in [1.54, 1.807) is 0 Å². The van der Waals surface area contributed by atoms with Crippen molar-refractivity contribution >= 4 is 11.9 Å². The van der Waals surface area contributed by atoms with Crippen molar-refractivity contribution in [1.82, 2.24) is 0 Å². The summed E-state index contributed by atoms with van der Waals surface area (Å²) in [6.07, 6.45) is 9.33. The van der Waals surface area contributed by atoms with E-state index in [1.807, 2.05) is 0 Å². The molecule has 0 saturated carbocycles. The van der Waals surface area contributed by atoms with Gasteiger partial charge in [0.2, 0.25) is 0 Å². The van der Waals surface area contributed by atoms with Gasteiger partial charge >= 0.3 is 11.9 Å². The van der Waals surface area contributed by atoms with Crippen LogP contribution in [0.3, 0.4) is 0 Å². The van der Waals surface area contributed by atoms with Crippen LogP contribution in [0.2, 0.25) is 0 Å². The predicted octanol–water partition coefficient (Wildman–Crippen LogP) is 4.69. The highest BCUT2D eigenvalue weighted by atomic mass is 16.7. The smallest absolute Gasteiger partial charge is 0.305 e. The molecule has 0 fully saturated rings. The molecule has 0 aromatic rings. The van der Waals surface area contributed by atoms with Crippen molar-refractivity contribution in [2.75, 3.05) is 19.8 Å². The van der Waals surface area contributed by atoms with Gasteiger partial charge in [0, 0.05) is 32.5 Å². The number of hydrogen-bond donors (Lipinski definition) is 1. The lowest BCUT2D eigenvalue weighted by molar-refractivity contribution is -0.161. The van der Waals surface area contributed by atoms with E-state index in [0.717, 1.165) is 51.4 Å². The van der Waals surface area contributed by atoms with Gasteiger partial charge in [-0.3, -0.25) is 9.59 Å². The zero-order valence-electron chi connectivity index (χ0n) is 16.7. The Bertz CT molecular complexity index is 335. The lowest BCUT2D eigenvalue weighted by Crippen LogP contribution is -2.21. The van der Waals surface area contributed by atoms with Gasteiger partial charge in [0.15, 0.2) is 6.29 Å². The van der Waals surface area contributed by atoms with E-state index < -0.39 is 5.97 Å². The molecule has 0 unspecified atom stereocenters. The van der Waals surface area contributed by atoms with Gasteiger partial charge < -0.3 is 19.3 Å². The second-order valence-corrected chi connectivity index (χ2v) is 6.55. The van der Waals surface area contributed by atoms with Crippen LogP contribution in [-0.4, -0.2) is 43.2 Å². The summed E-state index contributed by atoms with van der Waals surface area (Å²) in [4.78, 5) is 22.1. The fourth-order valence-electron chi connectivity index (χ4n) is 2.35. The summed E-state index contributed by atoms with van der Waals surface area (Å²) in [5, 5.41) is 8.55. The zero-order valence-corrected chi connectivity index (χ0v) is 16.7. The lowest BCUT2D eigenvalue weighted by atomic mass is 10.1. The molecule has 0 atom stereocenters. The molecule has 0 amide bonds. The number of hydrogen-bond acceptors (Lipinski definition) is 5. The molecular weight excluding hydrogens is 336 g/mol. The number of carboxylic acid groups (broad SMARTS) is 1. The molecule has 0 bridgehead atoms. The number of rotatable bonds is 19. The second kappa shape index (κ2) is 18.6. The summed E-state index contributed by atoms with van der Waals surface area (Å²) >= 11 is 0. The third kappa shape index (κ3) is 17.7. The van der Waals surface area contributed by atoms with Crippen molar-refractivity contribution < 1.29 is 28.9 Å². The van der Waals surface area contributed by atoms with Gasteiger partial charge in [-0.05, 0) is 25.7 Å². The minimum absolute atomic E-state index is 0.184. The maximum absolute atomic E-state index is 11.7. The highest BCUT2D eigenvalue weighted by Gasteiger charge is 2.11. The number of esters is 1. The van der Waals surface area contributed by atoms with Crippen LogP contribution in [0, 0.1) is 0 Å². The molecule has 6 heteroatoms. The van der Waals surface area contributed by atoms with Crippen LogP contribution in [0.5, 0.6) is 0 Å². The number of ether oxygens (including phenoxy) is 3. The summed E-state index contributed by atoms with van der Waals surface area (Å²) in [7, 11) is 0. The van der Waals surface area contributed by atoms with E-state index >= 15 is 0 Å². The SMILES string of the molecule is CCCCOC(CCOC(=O)CCCCCCCC(=O)O)OCCCC. The Morgan fingerprint density at radius 1 is 0.769 bits per heavy atom. The van der Waals surface area contributed by atoms with Gasteiger partial charge in [0.05, 0.1) is 6.61 Å². The molecule has 0 heterocycles. The second-order valence-electron chi connectivity index (χ2n) is 6.55. The van der Waals surface area contributed by atoms with Gasteiger partial charge in [-0.15, -0.1) is 0 Å². The van der Waals surface area contributed by atoms with E-state index in [9.17, 15) is 9.59 Å².